The maximum Gasteiger partial charge on any atom is 0.238 e. The molecule has 1 aliphatic rings. The molecule has 0 saturated carbocycles. The van der Waals surface area contributed by atoms with Gasteiger partial charge in [0.05, 0.1) is 10.9 Å². The Balaban J connectivity index is 1.47. The Kier molecular flexibility index (Phi) is 8.04. The molecule has 3 rings (SSSR count). The van der Waals surface area contributed by atoms with Gasteiger partial charge in [-0.15, -0.1) is 0 Å². The van der Waals surface area contributed by atoms with Gasteiger partial charge in [0.1, 0.15) is 11.6 Å². The maximum atomic E-state index is 12.7. The fraction of sp³-hybridized carbons (Fsp3) is 0.522. The van der Waals surface area contributed by atoms with E-state index in [4.69, 9.17) is 10.1 Å². The van der Waals surface area contributed by atoms with Gasteiger partial charge >= 0.3 is 0 Å². The number of sulfonamides is 1. The normalized spacial score (nSPS) is 16.1. The second kappa shape index (κ2) is 10.6. The van der Waals surface area contributed by atoms with Crippen LogP contribution < -0.4 is 15.4 Å². The zero-order chi connectivity index (χ0) is 24.2. The van der Waals surface area contributed by atoms with E-state index in [2.05, 4.69) is 33.9 Å². The zero-order valence-corrected chi connectivity index (χ0v) is 20.6. The van der Waals surface area contributed by atoms with Crippen LogP contribution in [0.4, 0.5) is 5.82 Å². The summed E-state index contributed by atoms with van der Waals surface area (Å²) in [4.78, 5) is 26.4. The predicted octanol–water partition coefficient (Wildman–Crippen LogP) is 1.43. The number of piperazine rings is 1. The Hall–Kier alpha value is -2.56. The van der Waals surface area contributed by atoms with Crippen LogP contribution in [-0.4, -0.2) is 68.0 Å². The maximum absolute atomic E-state index is 12.7. The van der Waals surface area contributed by atoms with E-state index < -0.39 is 10.0 Å². The smallest absolute Gasteiger partial charge is 0.238 e. The van der Waals surface area contributed by atoms with Crippen LogP contribution in [0.3, 0.4) is 0 Å². The van der Waals surface area contributed by atoms with Crippen molar-refractivity contribution in [1.29, 1.82) is 0 Å². The van der Waals surface area contributed by atoms with E-state index in [1.54, 1.807) is 12.1 Å². The number of rotatable bonds is 8. The highest BCUT2D eigenvalue weighted by Gasteiger charge is 2.26. The van der Waals surface area contributed by atoms with Crippen molar-refractivity contribution in [2.24, 2.45) is 5.14 Å². The molecule has 1 fully saturated rings. The van der Waals surface area contributed by atoms with Gasteiger partial charge in [0.25, 0.3) is 0 Å². The lowest BCUT2D eigenvalue weighted by molar-refractivity contribution is -0.125. The standard InChI is InChI=1S/C23H34N6O3S/c1-16(2)22-26-17(3)15-21(27-22)29-13-11-28(12-14-29)18(4)23(30)25-10-9-19-5-7-20(8-6-19)33(24,31)32/h5-8,15-16,18H,9-14H2,1-4H3,(H,25,30)(H2,24,31,32)/t18-/m0/s1. The summed E-state index contributed by atoms with van der Waals surface area (Å²) >= 11 is 0. The van der Waals surface area contributed by atoms with E-state index in [0.717, 1.165) is 49.1 Å². The first-order valence-corrected chi connectivity index (χ1v) is 12.8. The highest BCUT2D eigenvalue weighted by atomic mass is 32.2. The number of carbonyl (C=O) groups excluding carboxylic acids is 1. The summed E-state index contributed by atoms with van der Waals surface area (Å²) in [6.45, 7) is 11.8. The molecule has 1 aliphatic heterocycles. The van der Waals surface area contributed by atoms with Gasteiger partial charge in [-0.1, -0.05) is 26.0 Å². The average molecular weight is 475 g/mol. The van der Waals surface area contributed by atoms with Crippen molar-refractivity contribution in [2.45, 2.75) is 51.0 Å². The first kappa shape index (κ1) is 25.1. The SMILES string of the molecule is Cc1cc(N2CCN([C@@H](C)C(=O)NCCc3ccc(S(N)(=O)=O)cc3)CC2)nc(C(C)C)n1. The lowest BCUT2D eigenvalue weighted by atomic mass is 10.1. The van der Waals surface area contributed by atoms with Gasteiger partial charge in [-0.3, -0.25) is 9.69 Å². The third kappa shape index (κ3) is 6.72. The molecule has 0 spiro atoms. The number of aryl methyl sites for hydroxylation is 1. The minimum atomic E-state index is -3.69. The number of benzene rings is 1. The summed E-state index contributed by atoms with van der Waals surface area (Å²) in [6.07, 6.45) is 0.613. The Morgan fingerprint density at radius 1 is 1.09 bits per heavy atom. The number of nitrogens with two attached hydrogens (primary N) is 1. The molecule has 0 radical (unpaired) electrons. The van der Waals surface area contributed by atoms with Crippen LogP contribution in [0.5, 0.6) is 0 Å². The molecule has 180 valence electrons. The number of nitrogens with zero attached hydrogens (tertiary/aromatic N) is 4. The van der Waals surface area contributed by atoms with Gasteiger partial charge in [-0.2, -0.15) is 0 Å². The Bertz CT molecular complexity index is 1060. The minimum absolute atomic E-state index is 0.00965. The number of anilines is 1. The largest absolute Gasteiger partial charge is 0.354 e. The Labute approximate surface area is 196 Å². The zero-order valence-electron chi connectivity index (χ0n) is 19.8. The van der Waals surface area contributed by atoms with Gasteiger partial charge in [0.15, 0.2) is 0 Å². The summed E-state index contributed by atoms with van der Waals surface area (Å²) in [6, 6.07) is 8.20. The highest BCUT2D eigenvalue weighted by Crippen LogP contribution is 2.19. The van der Waals surface area contributed by atoms with E-state index >= 15 is 0 Å². The third-order valence-electron chi connectivity index (χ3n) is 5.90. The van der Waals surface area contributed by atoms with E-state index in [1.807, 2.05) is 19.9 Å². The summed E-state index contributed by atoms with van der Waals surface area (Å²) in [5, 5.41) is 8.10. The molecule has 33 heavy (non-hydrogen) atoms. The number of hydrogen-bond donors (Lipinski definition) is 2. The van der Waals surface area contributed by atoms with Gasteiger partial charge < -0.3 is 10.2 Å². The number of nitrogens with one attached hydrogen (secondary N) is 1. The molecule has 10 heteroatoms. The van der Waals surface area contributed by atoms with Crippen LogP contribution in [0, 0.1) is 6.92 Å². The van der Waals surface area contributed by atoms with Crippen molar-refractivity contribution in [3.05, 3.63) is 47.4 Å². The third-order valence-corrected chi connectivity index (χ3v) is 6.83. The summed E-state index contributed by atoms with van der Waals surface area (Å²) in [7, 11) is -3.69. The second-order valence-electron chi connectivity index (χ2n) is 8.81. The van der Waals surface area contributed by atoms with Crippen LogP contribution in [0.25, 0.3) is 0 Å². The molecule has 1 atom stereocenters. The van der Waals surface area contributed by atoms with Crippen LogP contribution in [0.15, 0.2) is 35.2 Å². The molecule has 1 aromatic carbocycles. The van der Waals surface area contributed by atoms with Crippen LogP contribution in [0.2, 0.25) is 0 Å². The Morgan fingerprint density at radius 3 is 2.30 bits per heavy atom. The number of hydrogen-bond acceptors (Lipinski definition) is 7. The topological polar surface area (TPSA) is 122 Å². The molecule has 1 amide bonds. The van der Waals surface area contributed by atoms with Crippen molar-refractivity contribution in [3.63, 3.8) is 0 Å². The molecule has 3 N–H and O–H groups in total. The number of aromatic nitrogens is 2. The lowest BCUT2D eigenvalue weighted by Crippen LogP contribution is -2.54. The Morgan fingerprint density at radius 2 is 1.73 bits per heavy atom. The monoisotopic (exact) mass is 474 g/mol. The fourth-order valence-corrected chi connectivity index (χ4v) is 4.34. The van der Waals surface area contributed by atoms with E-state index in [1.165, 1.54) is 12.1 Å². The van der Waals surface area contributed by atoms with Gasteiger partial charge in [0, 0.05) is 50.4 Å². The summed E-state index contributed by atoms with van der Waals surface area (Å²) in [5.74, 6) is 2.08. The van der Waals surface area contributed by atoms with Crippen LogP contribution in [-0.2, 0) is 21.2 Å². The number of amides is 1. The van der Waals surface area contributed by atoms with Gasteiger partial charge in [-0.05, 0) is 38.0 Å². The molecule has 0 unspecified atom stereocenters. The van der Waals surface area contributed by atoms with Crippen molar-refractivity contribution < 1.29 is 13.2 Å². The molecule has 1 aromatic heterocycles. The van der Waals surface area contributed by atoms with E-state index in [-0.39, 0.29) is 22.8 Å². The van der Waals surface area contributed by atoms with E-state index in [9.17, 15) is 13.2 Å². The first-order valence-electron chi connectivity index (χ1n) is 11.3. The predicted molar refractivity (Wildman–Crippen MR) is 129 cm³/mol. The highest BCUT2D eigenvalue weighted by molar-refractivity contribution is 7.89. The van der Waals surface area contributed by atoms with Gasteiger partial charge in [0.2, 0.25) is 15.9 Å². The summed E-state index contributed by atoms with van der Waals surface area (Å²) < 4.78 is 22.7. The molecule has 2 aromatic rings. The quantitative estimate of drug-likeness (QED) is 0.593. The summed E-state index contributed by atoms with van der Waals surface area (Å²) in [5.41, 5.74) is 1.91. The average Bonchev–Trinajstić information content (AvgIpc) is 2.78. The number of primary sulfonamides is 1. The van der Waals surface area contributed by atoms with Crippen molar-refractivity contribution in [2.75, 3.05) is 37.6 Å². The lowest BCUT2D eigenvalue weighted by Gasteiger charge is -2.38. The molecule has 9 nitrogen and oxygen atoms in total. The molecule has 0 bridgehead atoms. The van der Waals surface area contributed by atoms with Crippen molar-refractivity contribution >= 4 is 21.7 Å². The second-order valence-corrected chi connectivity index (χ2v) is 10.4. The molecular formula is C23H34N6O3S. The molecule has 0 aliphatic carbocycles. The van der Waals surface area contributed by atoms with Crippen molar-refractivity contribution in [1.82, 2.24) is 20.2 Å². The van der Waals surface area contributed by atoms with Crippen molar-refractivity contribution in [3.8, 4) is 0 Å². The first-order chi connectivity index (χ1) is 15.5. The fourth-order valence-electron chi connectivity index (χ4n) is 3.82. The minimum Gasteiger partial charge on any atom is -0.354 e. The van der Waals surface area contributed by atoms with Crippen LogP contribution in [0.1, 0.15) is 43.8 Å². The van der Waals surface area contributed by atoms with Crippen LogP contribution >= 0.6 is 0 Å². The molecule has 1 saturated heterocycles. The molecular weight excluding hydrogens is 440 g/mol. The number of carbonyl (C=O) groups is 1. The van der Waals surface area contributed by atoms with E-state index in [0.29, 0.717) is 13.0 Å². The molecule has 2 heterocycles. The van der Waals surface area contributed by atoms with Gasteiger partial charge in [-0.25, -0.2) is 23.5 Å².